The number of ether oxygens (including phenoxy) is 4. The quantitative estimate of drug-likeness (QED) is 0.0424. The number of unbranched alkanes of at least 4 members (excludes halogenated alkanes) is 5. The molecule has 0 aromatic heterocycles. The topological polar surface area (TPSA) is 220 Å². The number of benzene rings is 2. The highest BCUT2D eigenvalue weighted by Gasteiger charge is 2.50. The number of methoxy groups -OCH3 is 1. The number of hydrogen-bond donors (Lipinski definition) is 6. The van der Waals surface area contributed by atoms with Gasteiger partial charge in [-0.25, -0.2) is 0 Å². The van der Waals surface area contributed by atoms with Gasteiger partial charge in [-0.2, -0.15) is 5.10 Å². The Morgan fingerprint density at radius 1 is 0.910 bits per heavy atom. The first-order chi connectivity index (χ1) is 31.8. The zero-order valence-corrected chi connectivity index (χ0v) is 41.0. The Bertz CT molecular complexity index is 2220. The zero-order chi connectivity index (χ0) is 49.3. The molecule has 0 radical (unpaired) electrons. The minimum Gasteiger partial charge on any atom is -0.507 e. The highest BCUT2D eigenvalue weighted by Crippen LogP contribution is 2.55. The molecule has 2 aromatic rings. The Hall–Kier alpha value is -5.16. The van der Waals surface area contributed by atoms with Crippen LogP contribution in [0, 0.1) is 30.6 Å². The SMILES string of the molecule is CCCCCCCCN1CCCN(/N=C/c2c3c(O)c4c(O)c(C)c5c(c4c2O)C(=O)C(C)(OC=CC(OC)C(C)C(OC(C)=O)C(C)C(O)C(C)C(O)C(C)C=CC=C(C)C(=O)N3)O5)CC1. The maximum absolute atomic E-state index is 14.6. The van der Waals surface area contributed by atoms with Crippen molar-refractivity contribution in [1.82, 2.24) is 9.91 Å². The third kappa shape index (κ3) is 11.9. The van der Waals surface area contributed by atoms with E-state index in [0.29, 0.717) is 13.1 Å². The van der Waals surface area contributed by atoms with Crippen LogP contribution in [0.3, 0.4) is 0 Å². The molecule has 4 aliphatic rings. The van der Waals surface area contributed by atoms with Crippen LogP contribution in [0.15, 0.2) is 41.2 Å². The average molecular weight is 935 g/mol. The number of phenolic OH excluding ortho intramolecular Hbond substituents is 3. The lowest BCUT2D eigenvalue weighted by Gasteiger charge is -2.38. The lowest BCUT2D eigenvalue weighted by molar-refractivity contribution is -0.160. The molecule has 67 heavy (non-hydrogen) atoms. The molecule has 4 heterocycles. The van der Waals surface area contributed by atoms with Gasteiger partial charge >= 0.3 is 11.8 Å². The van der Waals surface area contributed by atoms with Gasteiger partial charge in [-0.3, -0.25) is 19.4 Å². The molecule has 5 bridgehead atoms. The molecule has 0 aliphatic carbocycles. The molecule has 9 unspecified atom stereocenters. The third-order valence-electron chi connectivity index (χ3n) is 13.8. The number of fused-ring (bicyclic) bond motifs is 14. The van der Waals surface area contributed by atoms with E-state index >= 15 is 0 Å². The highest BCUT2D eigenvalue weighted by molar-refractivity contribution is 6.23. The number of ketones is 1. The molecule has 1 fully saturated rings. The summed E-state index contributed by atoms with van der Waals surface area (Å²) in [6.07, 6.45) is 13.1. The van der Waals surface area contributed by atoms with Crippen LogP contribution in [-0.2, 0) is 23.8 Å². The number of carbonyl (C=O) groups is 3. The molecular weight excluding hydrogens is 861 g/mol. The van der Waals surface area contributed by atoms with Gasteiger partial charge in [0.2, 0.25) is 0 Å². The maximum atomic E-state index is 14.6. The number of anilines is 1. The highest BCUT2D eigenvalue weighted by atomic mass is 16.7. The normalized spacial score (nSPS) is 28.1. The fraction of sp³-hybridized carbons (Fsp3) is 0.608. The first-order valence-corrected chi connectivity index (χ1v) is 23.9. The van der Waals surface area contributed by atoms with Crippen molar-refractivity contribution >= 4 is 40.3 Å². The van der Waals surface area contributed by atoms with Gasteiger partial charge in [-0.05, 0) is 45.9 Å². The predicted molar refractivity (Wildman–Crippen MR) is 257 cm³/mol. The van der Waals surface area contributed by atoms with Crippen molar-refractivity contribution < 1.29 is 58.9 Å². The number of aromatic hydroxyl groups is 3. The number of hydrazone groups is 1. The Morgan fingerprint density at radius 3 is 2.30 bits per heavy atom. The molecular formula is C51H74N4O12. The Kier molecular flexibility index (Phi) is 18.3. The van der Waals surface area contributed by atoms with Gasteiger partial charge in [0, 0.05) is 80.8 Å². The largest absolute Gasteiger partial charge is 0.507 e. The fourth-order valence-corrected chi connectivity index (χ4v) is 9.42. The Morgan fingerprint density at radius 2 is 1.61 bits per heavy atom. The van der Waals surface area contributed by atoms with Gasteiger partial charge < -0.3 is 54.7 Å². The third-order valence-corrected chi connectivity index (χ3v) is 13.8. The number of Topliss-reactive ketones (excluding diaryl/α,β-unsaturated/α-hetero) is 1. The molecule has 1 amide bonds. The van der Waals surface area contributed by atoms with Crippen molar-refractivity contribution in [2.24, 2.45) is 28.8 Å². The van der Waals surface area contributed by atoms with E-state index in [1.165, 1.54) is 84.6 Å². The van der Waals surface area contributed by atoms with Crippen molar-refractivity contribution in [3.63, 3.8) is 0 Å². The van der Waals surface area contributed by atoms with E-state index in [1.54, 1.807) is 46.8 Å². The molecule has 16 heteroatoms. The number of rotatable bonds is 11. The van der Waals surface area contributed by atoms with E-state index < -0.39 is 88.8 Å². The van der Waals surface area contributed by atoms with Crippen LogP contribution in [0.2, 0.25) is 0 Å². The van der Waals surface area contributed by atoms with Gasteiger partial charge in [0.25, 0.3) is 11.7 Å². The summed E-state index contributed by atoms with van der Waals surface area (Å²) in [5.41, 5.74) is -0.293. The number of allylic oxidation sites excluding steroid dienone is 2. The van der Waals surface area contributed by atoms with Crippen molar-refractivity contribution in [2.75, 3.05) is 45.2 Å². The minimum absolute atomic E-state index is 0.0630. The van der Waals surface area contributed by atoms with Crippen LogP contribution in [0.5, 0.6) is 23.0 Å². The van der Waals surface area contributed by atoms with Crippen molar-refractivity contribution in [3.8, 4) is 23.0 Å². The van der Waals surface area contributed by atoms with Crippen LogP contribution >= 0.6 is 0 Å². The summed E-state index contributed by atoms with van der Waals surface area (Å²) in [5, 5.41) is 67.9. The van der Waals surface area contributed by atoms with Crippen LogP contribution in [-0.4, -0.2) is 129 Å². The molecule has 6 N–H and O–H groups in total. The molecule has 1 saturated heterocycles. The lowest BCUT2D eigenvalue weighted by atomic mass is 9.78. The van der Waals surface area contributed by atoms with Gasteiger partial charge in [0.05, 0.1) is 53.0 Å². The Labute approximate surface area is 395 Å². The summed E-state index contributed by atoms with van der Waals surface area (Å²) in [6.45, 7) is 18.7. The first-order valence-electron chi connectivity index (χ1n) is 23.9. The fourth-order valence-electron chi connectivity index (χ4n) is 9.42. The summed E-state index contributed by atoms with van der Waals surface area (Å²) >= 11 is 0. The molecule has 6 rings (SSSR count). The van der Waals surface area contributed by atoms with Crippen molar-refractivity contribution in [2.45, 2.75) is 137 Å². The predicted octanol–water partition coefficient (Wildman–Crippen LogP) is 7.46. The van der Waals surface area contributed by atoms with E-state index in [9.17, 15) is 39.9 Å². The molecule has 0 spiro atoms. The van der Waals surface area contributed by atoms with Crippen molar-refractivity contribution in [1.29, 1.82) is 0 Å². The number of nitrogens with one attached hydrogen (secondary N) is 1. The second-order valence-electron chi connectivity index (χ2n) is 18.8. The van der Waals surface area contributed by atoms with Gasteiger partial charge in [0.1, 0.15) is 23.4 Å². The first kappa shape index (κ1) is 52.8. The average Bonchev–Trinajstić information content (AvgIpc) is 3.40. The summed E-state index contributed by atoms with van der Waals surface area (Å²) in [6, 6.07) is 0. The van der Waals surface area contributed by atoms with E-state index in [2.05, 4.69) is 17.1 Å². The van der Waals surface area contributed by atoms with Gasteiger partial charge in [-0.1, -0.05) is 85.0 Å². The number of amides is 1. The van der Waals surface area contributed by atoms with Crippen molar-refractivity contribution in [3.05, 3.63) is 52.8 Å². The summed E-state index contributed by atoms with van der Waals surface area (Å²) in [5.74, 6) is -8.30. The van der Waals surface area contributed by atoms with E-state index in [-0.39, 0.29) is 44.5 Å². The summed E-state index contributed by atoms with van der Waals surface area (Å²) in [7, 11) is 1.45. The number of carbonyl (C=O) groups excluding carboxylic acids is 3. The molecule has 370 valence electrons. The molecule has 0 saturated carbocycles. The smallest absolute Gasteiger partial charge is 0.312 e. The zero-order valence-electron chi connectivity index (χ0n) is 41.0. The number of esters is 1. The monoisotopic (exact) mass is 935 g/mol. The van der Waals surface area contributed by atoms with Gasteiger partial charge in [-0.15, -0.1) is 0 Å². The number of hydrogen-bond acceptors (Lipinski definition) is 15. The molecule has 16 nitrogen and oxygen atoms in total. The van der Waals surface area contributed by atoms with Crippen LogP contribution < -0.4 is 10.1 Å². The number of nitrogens with zero attached hydrogens (tertiary/aromatic N) is 3. The number of aliphatic hydroxyl groups excluding tert-OH is 2. The van der Waals surface area contributed by atoms with Gasteiger partial charge in [0.15, 0.2) is 5.75 Å². The Balaban J connectivity index is 1.61. The standard InChI is InChI=1S/C51H74N4O12/c1-11-12-13-14-15-16-22-54-23-18-24-55(26-25-54)52-28-36-41-46(61)39-38(45(36)60)40-48(34(7)44(39)59)67-51(9,49(40)62)65-27-21-37(64-10)31(4)47(66-35(8)56)33(6)43(58)32(5)42(57)29(2)19-17-20-30(3)50(63)53-41/h17,19-21,27-29,31-33,37,42-43,47,57-61H,11-16,18,22-26H2,1-10H3,(H,53,63)/b19-17?,27-21?,30-20?,52-28+. The molecule has 9 atom stereocenters. The number of phenols is 3. The second-order valence-corrected chi connectivity index (χ2v) is 18.8. The molecule has 4 aliphatic heterocycles. The van der Waals surface area contributed by atoms with E-state index in [0.717, 1.165) is 32.5 Å². The lowest BCUT2D eigenvalue weighted by Crippen LogP contribution is -2.46. The van der Waals surface area contributed by atoms with E-state index in [1.807, 2.05) is 5.01 Å². The minimum atomic E-state index is -2.05. The second kappa shape index (κ2) is 23.2. The summed E-state index contributed by atoms with van der Waals surface area (Å²) < 4.78 is 23.8. The van der Waals surface area contributed by atoms with Crippen LogP contribution in [0.4, 0.5) is 5.69 Å². The van der Waals surface area contributed by atoms with E-state index in [4.69, 9.17) is 24.0 Å². The number of aliphatic hydroxyl groups is 2. The van der Waals surface area contributed by atoms with Crippen LogP contribution in [0.1, 0.15) is 122 Å². The van der Waals surface area contributed by atoms with Crippen LogP contribution in [0.25, 0.3) is 10.8 Å². The molecule has 2 aromatic carbocycles. The maximum Gasteiger partial charge on any atom is 0.312 e. The summed E-state index contributed by atoms with van der Waals surface area (Å²) in [4.78, 5) is 43.4.